The normalized spacial score (nSPS) is 19.1. The Hall–Kier alpha value is -1.71. The fourth-order valence-corrected chi connectivity index (χ4v) is 1.60. The standard InChI is InChI=1S/C11H13NO3/c1-11(2)7-12(10(14)15-11)8-3-5-9(13)6-4-8/h3-6,13H,7H2,1-2H3. The smallest absolute Gasteiger partial charge is 0.415 e. The first-order chi connectivity index (χ1) is 6.98. The summed E-state index contributed by atoms with van der Waals surface area (Å²) in [5.74, 6) is 0.186. The molecule has 1 heterocycles. The van der Waals surface area contributed by atoms with E-state index in [1.165, 1.54) is 0 Å². The Labute approximate surface area is 88.1 Å². The first-order valence-corrected chi connectivity index (χ1v) is 4.77. The number of cyclic esters (lactones) is 1. The Morgan fingerprint density at radius 1 is 1.33 bits per heavy atom. The predicted octanol–water partition coefficient (Wildman–Crippen LogP) is 2.13. The van der Waals surface area contributed by atoms with Gasteiger partial charge in [-0.1, -0.05) is 0 Å². The predicted molar refractivity (Wildman–Crippen MR) is 56.0 cm³/mol. The number of hydrogen-bond donors (Lipinski definition) is 1. The summed E-state index contributed by atoms with van der Waals surface area (Å²) >= 11 is 0. The average Bonchev–Trinajstić information content (AvgIpc) is 2.41. The van der Waals surface area contributed by atoms with Crippen LogP contribution in [0.1, 0.15) is 13.8 Å². The minimum atomic E-state index is -0.449. The van der Waals surface area contributed by atoms with Crippen molar-refractivity contribution in [2.75, 3.05) is 11.4 Å². The zero-order valence-corrected chi connectivity index (χ0v) is 8.73. The molecule has 4 nitrogen and oxygen atoms in total. The number of aromatic hydroxyl groups is 1. The molecule has 1 saturated heterocycles. The van der Waals surface area contributed by atoms with Gasteiger partial charge in [-0.3, -0.25) is 4.90 Å². The molecule has 1 aliphatic heterocycles. The van der Waals surface area contributed by atoms with E-state index in [0.29, 0.717) is 6.54 Å². The van der Waals surface area contributed by atoms with E-state index in [9.17, 15) is 4.79 Å². The van der Waals surface area contributed by atoms with E-state index in [4.69, 9.17) is 9.84 Å². The van der Waals surface area contributed by atoms with E-state index in [1.807, 2.05) is 13.8 Å². The molecule has 0 aliphatic carbocycles. The van der Waals surface area contributed by atoms with Gasteiger partial charge in [0, 0.05) is 5.69 Å². The van der Waals surface area contributed by atoms with Gasteiger partial charge in [0.2, 0.25) is 0 Å². The van der Waals surface area contributed by atoms with Gasteiger partial charge in [0.05, 0.1) is 6.54 Å². The van der Waals surface area contributed by atoms with Gasteiger partial charge < -0.3 is 9.84 Å². The molecule has 1 fully saturated rings. The summed E-state index contributed by atoms with van der Waals surface area (Å²) in [6.07, 6.45) is -0.342. The van der Waals surface area contributed by atoms with Crippen molar-refractivity contribution in [2.45, 2.75) is 19.4 Å². The monoisotopic (exact) mass is 207 g/mol. The van der Waals surface area contributed by atoms with Crippen molar-refractivity contribution in [3.05, 3.63) is 24.3 Å². The van der Waals surface area contributed by atoms with Gasteiger partial charge in [-0.15, -0.1) is 0 Å². The number of phenolic OH excluding ortho intramolecular Hbond substituents is 1. The van der Waals surface area contributed by atoms with Crippen LogP contribution in [0.5, 0.6) is 5.75 Å². The lowest BCUT2D eigenvalue weighted by Gasteiger charge is -2.15. The van der Waals surface area contributed by atoms with Crippen molar-refractivity contribution in [3.63, 3.8) is 0 Å². The Morgan fingerprint density at radius 2 is 1.93 bits per heavy atom. The zero-order valence-electron chi connectivity index (χ0n) is 8.73. The molecule has 1 N–H and O–H groups in total. The maximum atomic E-state index is 11.5. The summed E-state index contributed by atoms with van der Waals surface area (Å²) in [5.41, 5.74) is 0.290. The number of phenols is 1. The van der Waals surface area contributed by atoms with Crippen LogP contribution in [0.2, 0.25) is 0 Å². The maximum absolute atomic E-state index is 11.5. The van der Waals surface area contributed by atoms with Crippen LogP contribution in [-0.4, -0.2) is 23.3 Å². The molecule has 1 aliphatic rings. The third-order valence-corrected chi connectivity index (χ3v) is 2.28. The summed E-state index contributed by atoms with van der Waals surface area (Å²) in [5, 5.41) is 9.13. The maximum Gasteiger partial charge on any atom is 0.415 e. The number of carbonyl (C=O) groups is 1. The summed E-state index contributed by atoms with van der Waals surface area (Å²) in [6.45, 7) is 4.26. The minimum Gasteiger partial charge on any atom is -0.508 e. The molecule has 0 bridgehead atoms. The van der Waals surface area contributed by atoms with Crippen molar-refractivity contribution >= 4 is 11.8 Å². The highest BCUT2D eigenvalue weighted by atomic mass is 16.6. The summed E-state index contributed by atoms with van der Waals surface area (Å²) in [4.78, 5) is 13.1. The molecular weight excluding hydrogens is 194 g/mol. The first-order valence-electron chi connectivity index (χ1n) is 4.77. The molecular formula is C11H13NO3. The summed E-state index contributed by atoms with van der Waals surface area (Å²) in [7, 11) is 0. The second kappa shape index (κ2) is 3.15. The Balaban J connectivity index is 2.25. The molecule has 1 aromatic rings. The second-order valence-electron chi connectivity index (χ2n) is 4.23. The fraction of sp³-hybridized carbons (Fsp3) is 0.364. The Kier molecular flexibility index (Phi) is 2.07. The number of ether oxygens (including phenoxy) is 1. The lowest BCUT2D eigenvalue weighted by molar-refractivity contribution is 0.0871. The van der Waals surface area contributed by atoms with Crippen LogP contribution < -0.4 is 4.90 Å². The fourth-order valence-electron chi connectivity index (χ4n) is 1.60. The molecule has 0 atom stereocenters. The van der Waals surface area contributed by atoms with Gasteiger partial charge in [-0.2, -0.15) is 0 Å². The largest absolute Gasteiger partial charge is 0.508 e. The number of hydrogen-bond acceptors (Lipinski definition) is 3. The molecule has 4 heteroatoms. The van der Waals surface area contributed by atoms with Gasteiger partial charge in [-0.25, -0.2) is 4.79 Å². The Bertz CT molecular complexity index is 383. The molecule has 1 aromatic carbocycles. The number of rotatable bonds is 1. The molecule has 0 spiro atoms. The van der Waals surface area contributed by atoms with Gasteiger partial charge in [-0.05, 0) is 38.1 Å². The van der Waals surface area contributed by atoms with Gasteiger partial charge >= 0.3 is 6.09 Å². The van der Waals surface area contributed by atoms with Crippen LogP contribution in [0.3, 0.4) is 0 Å². The first kappa shape index (κ1) is 9.83. The lowest BCUT2D eigenvalue weighted by atomic mass is 10.1. The molecule has 15 heavy (non-hydrogen) atoms. The van der Waals surface area contributed by atoms with Gasteiger partial charge in [0.25, 0.3) is 0 Å². The van der Waals surface area contributed by atoms with E-state index < -0.39 is 5.60 Å². The SMILES string of the molecule is CC1(C)CN(c2ccc(O)cc2)C(=O)O1. The number of carbonyl (C=O) groups excluding carboxylic acids is 1. The van der Waals surface area contributed by atoms with Crippen molar-refractivity contribution in [3.8, 4) is 5.75 Å². The van der Waals surface area contributed by atoms with Crippen molar-refractivity contribution in [2.24, 2.45) is 0 Å². The number of nitrogens with zero attached hydrogens (tertiary/aromatic N) is 1. The van der Waals surface area contributed by atoms with E-state index in [-0.39, 0.29) is 11.8 Å². The Morgan fingerprint density at radius 3 is 2.40 bits per heavy atom. The molecule has 0 saturated carbocycles. The van der Waals surface area contributed by atoms with Crippen molar-refractivity contribution in [1.29, 1.82) is 0 Å². The lowest BCUT2D eigenvalue weighted by Crippen LogP contribution is -2.28. The minimum absolute atomic E-state index is 0.186. The average molecular weight is 207 g/mol. The van der Waals surface area contributed by atoms with Crippen LogP contribution in [0.15, 0.2) is 24.3 Å². The molecule has 0 unspecified atom stereocenters. The summed E-state index contributed by atoms with van der Waals surface area (Å²) in [6, 6.07) is 6.48. The van der Waals surface area contributed by atoms with E-state index in [2.05, 4.69) is 0 Å². The number of benzene rings is 1. The highest BCUT2D eigenvalue weighted by Gasteiger charge is 2.38. The van der Waals surface area contributed by atoms with Gasteiger partial charge in [0.15, 0.2) is 0 Å². The van der Waals surface area contributed by atoms with Crippen LogP contribution in [0.4, 0.5) is 10.5 Å². The quantitative estimate of drug-likeness (QED) is 0.767. The summed E-state index contributed by atoms with van der Waals surface area (Å²) < 4.78 is 5.17. The number of amides is 1. The molecule has 1 amide bonds. The topological polar surface area (TPSA) is 49.8 Å². The molecule has 0 aromatic heterocycles. The second-order valence-corrected chi connectivity index (χ2v) is 4.23. The molecule has 0 radical (unpaired) electrons. The number of anilines is 1. The zero-order chi connectivity index (χ0) is 11.1. The van der Waals surface area contributed by atoms with E-state index >= 15 is 0 Å². The third kappa shape index (κ3) is 1.88. The van der Waals surface area contributed by atoms with Crippen LogP contribution >= 0.6 is 0 Å². The highest BCUT2D eigenvalue weighted by Crippen LogP contribution is 2.28. The van der Waals surface area contributed by atoms with Crippen molar-refractivity contribution < 1.29 is 14.6 Å². The van der Waals surface area contributed by atoms with E-state index in [1.54, 1.807) is 29.2 Å². The van der Waals surface area contributed by atoms with E-state index in [0.717, 1.165) is 5.69 Å². The van der Waals surface area contributed by atoms with Crippen molar-refractivity contribution in [1.82, 2.24) is 0 Å². The van der Waals surface area contributed by atoms with Crippen LogP contribution in [-0.2, 0) is 4.74 Å². The molecule has 80 valence electrons. The van der Waals surface area contributed by atoms with Crippen LogP contribution in [0.25, 0.3) is 0 Å². The highest BCUT2D eigenvalue weighted by molar-refractivity contribution is 5.90. The van der Waals surface area contributed by atoms with Crippen LogP contribution in [0, 0.1) is 0 Å². The molecule has 2 rings (SSSR count). The third-order valence-electron chi connectivity index (χ3n) is 2.28. The van der Waals surface area contributed by atoms with Gasteiger partial charge in [0.1, 0.15) is 11.4 Å².